The van der Waals surface area contributed by atoms with Crippen LogP contribution in [0, 0.1) is 42.4 Å². The summed E-state index contributed by atoms with van der Waals surface area (Å²) in [5.74, 6) is -4.89. The highest BCUT2D eigenvalue weighted by Crippen LogP contribution is 2.52. The molecule has 4 N–H and O–H groups in total. The van der Waals surface area contributed by atoms with Gasteiger partial charge in [-0.05, 0) is 63.5 Å². The number of rotatable bonds is 3. The molecule has 2 unspecified atom stereocenters. The van der Waals surface area contributed by atoms with E-state index in [0.717, 1.165) is 5.56 Å². The predicted molar refractivity (Wildman–Crippen MR) is 153 cm³/mol. The Balaban J connectivity index is 1.64. The third-order valence-electron chi connectivity index (χ3n) is 8.91. The first-order chi connectivity index (χ1) is 19.7. The number of hydrogen-bond donors (Lipinski definition) is 3. The highest BCUT2D eigenvalue weighted by molar-refractivity contribution is 6.32. The zero-order valence-electron chi connectivity index (χ0n) is 24.1. The minimum Gasteiger partial charge on any atom is -0.506 e. The standard InChI is InChI=1S/C32H33N3O7/c1-15-6-8-16(9-7-15)10-11-17-14-21(34(2)3)19-12-18-13-20-25(35(4)5)28(38)24(31(33)41)30(40)32(20,42)29(39)22(18)27(37)23(19)26(17)36/h6-9,14,18,20,22,24-25,36,42H,12-13H2,1-5H3,(H2,33,41)/t18-,20-,22?,24?,25-,32-/m1/s1. The number of aromatic hydroxyl groups is 1. The molecule has 2 aromatic rings. The Hall–Kier alpha value is -4.33. The number of benzene rings is 2. The molecule has 6 atom stereocenters. The van der Waals surface area contributed by atoms with Gasteiger partial charge in [0, 0.05) is 31.3 Å². The fourth-order valence-corrected chi connectivity index (χ4v) is 6.92. The molecule has 0 aliphatic heterocycles. The number of fused-ring (bicyclic) bond motifs is 3. The van der Waals surface area contributed by atoms with Crippen molar-refractivity contribution in [3.8, 4) is 17.6 Å². The van der Waals surface area contributed by atoms with Crippen molar-refractivity contribution >= 4 is 34.7 Å². The lowest BCUT2D eigenvalue weighted by Crippen LogP contribution is -2.74. The van der Waals surface area contributed by atoms with Crippen LogP contribution in [0.4, 0.5) is 5.69 Å². The van der Waals surface area contributed by atoms with Gasteiger partial charge in [-0.2, -0.15) is 0 Å². The number of nitrogens with two attached hydrogens (primary N) is 1. The Labute approximate surface area is 243 Å². The van der Waals surface area contributed by atoms with Crippen LogP contribution in [-0.2, 0) is 25.6 Å². The smallest absolute Gasteiger partial charge is 0.235 e. The minimum atomic E-state index is -2.76. The molecular formula is C32H33N3O7. The van der Waals surface area contributed by atoms with E-state index < -0.39 is 64.4 Å². The molecule has 10 nitrogen and oxygen atoms in total. The van der Waals surface area contributed by atoms with Crippen LogP contribution in [0.15, 0.2) is 30.3 Å². The first-order valence-corrected chi connectivity index (χ1v) is 13.7. The Morgan fingerprint density at radius 1 is 1.02 bits per heavy atom. The number of phenolic OH excluding ortho intramolecular Hbond substituents is 1. The largest absolute Gasteiger partial charge is 0.506 e. The van der Waals surface area contributed by atoms with Gasteiger partial charge in [0.2, 0.25) is 5.91 Å². The van der Waals surface area contributed by atoms with Crippen LogP contribution in [0.1, 0.15) is 39.0 Å². The number of Topliss-reactive ketones (excluding diaryl/α,β-unsaturated/α-hetero) is 4. The molecule has 0 spiro atoms. The van der Waals surface area contributed by atoms with E-state index >= 15 is 0 Å². The van der Waals surface area contributed by atoms with E-state index in [0.29, 0.717) is 16.8 Å². The average Bonchev–Trinajstić information content (AvgIpc) is 2.90. The second kappa shape index (κ2) is 10.2. The van der Waals surface area contributed by atoms with E-state index in [1.54, 1.807) is 39.2 Å². The zero-order chi connectivity index (χ0) is 30.8. The van der Waals surface area contributed by atoms with Crippen molar-refractivity contribution in [1.29, 1.82) is 0 Å². The number of anilines is 1. The normalized spacial score (nSPS) is 28.4. The fourth-order valence-electron chi connectivity index (χ4n) is 6.92. The Morgan fingerprint density at radius 3 is 2.24 bits per heavy atom. The second-order valence-electron chi connectivity index (χ2n) is 11.9. The third-order valence-corrected chi connectivity index (χ3v) is 8.91. The van der Waals surface area contributed by atoms with Gasteiger partial charge in [0.1, 0.15) is 5.75 Å². The van der Waals surface area contributed by atoms with Crippen LogP contribution >= 0.6 is 0 Å². The summed E-state index contributed by atoms with van der Waals surface area (Å²) in [5.41, 5.74) is 5.64. The van der Waals surface area contributed by atoms with Crippen LogP contribution in [0.25, 0.3) is 0 Å². The van der Waals surface area contributed by atoms with E-state index in [1.807, 2.05) is 31.2 Å². The number of likely N-dealkylation sites (N-methyl/N-ethyl adjacent to an activating group) is 1. The number of amides is 1. The van der Waals surface area contributed by atoms with Crippen LogP contribution < -0.4 is 10.6 Å². The number of hydrogen-bond acceptors (Lipinski definition) is 9. The lowest BCUT2D eigenvalue weighted by Gasteiger charge is -2.52. The quantitative estimate of drug-likeness (QED) is 0.355. The van der Waals surface area contributed by atoms with E-state index in [4.69, 9.17) is 5.73 Å². The lowest BCUT2D eigenvalue weighted by molar-refractivity contribution is -0.181. The van der Waals surface area contributed by atoms with Crippen LogP contribution in [0.2, 0.25) is 0 Å². The summed E-state index contributed by atoms with van der Waals surface area (Å²) in [5, 5.41) is 23.1. The van der Waals surface area contributed by atoms with E-state index in [9.17, 15) is 34.2 Å². The number of nitrogens with zero attached hydrogens (tertiary/aromatic N) is 2. The van der Waals surface area contributed by atoms with Gasteiger partial charge in [0.25, 0.3) is 0 Å². The van der Waals surface area contributed by atoms with Crippen molar-refractivity contribution in [1.82, 2.24) is 4.90 Å². The van der Waals surface area contributed by atoms with Crippen LogP contribution in [-0.4, -0.2) is 84.0 Å². The summed E-state index contributed by atoms with van der Waals surface area (Å²) in [6.07, 6.45) is 0.172. The molecule has 0 aromatic heterocycles. The van der Waals surface area contributed by atoms with Crippen molar-refractivity contribution in [2.75, 3.05) is 33.1 Å². The van der Waals surface area contributed by atoms with Gasteiger partial charge in [0.15, 0.2) is 34.7 Å². The molecule has 3 aliphatic rings. The molecule has 0 bridgehead atoms. The maximum atomic E-state index is 14.1. The molecule has 0 radical (unpaired) electrons. The Kier molecular flexibility index (Phi) is 7.08. The molecule has 218 valence electrons. The highest BCUT2D eigenvalue weighted by atomic mass is 16.3. The molecule has 10 heteroatoms. The second-order valence-corrected chi connectivity index (χ2v) is 11.9. The lowest BCUT2D eigenvalue weighted by atomic mass is 9.52. The highest BCUT2D eigenvalue weighted by Gasteiger charge is 2.69. The van der Waals surface area contributed by atoms with Crippen molar-refractivity contribution in [3.05, 3.63) is 58.1 Å². The fraction of sp³-hybridized carbons (Fsp3) is 0.406. The number of ketones is 4. The van der Waals surface area contributed by atoms with Gasteiger partial charge < -0.3 is 20.8 Å². The third kappa shape index (κ3) is 4.23. The monoisotopic (exact) mass is 571 g/mol. The maximum Gasteiger partial charge on any atom is 0.235 e. The number of phenols is 1. The van der Waals surface area contributed by atoms with Gasteiger partial charge >= 0.3 is 0 Å². The molecule has 2 aromatic carbocycles. The van der Waals surface area contributed by atoms with Gasteiger partial charge in [-0.15, -0.1) is 0 Å². The minimum absolute atomic E-state index is 0.00743. The van der Waals surface area contributed by atoms with E-state index in [1.165, 1.54) is 4.90 Å². The summed E-state index contributed by atoms with van der Waals surface area (Å²) >= 11 is 0. The Bertz CT molecular complexity index is 1620. The number of aliphatic hydroxyl groups is 1. The van der Waals surface area contributed by atoms with Crippen molar-refractivity contribution in [2.24, 2.45) is 29.4 Å². The molecule has 2 saturated carbocycles. The van der Waals surface area contributed by atoms with Crippen LogP contribution in [0.5, 0.6) is 5.75 Å². The molecule has 42 heavy (non-hydrogen) atoms. The summed E-state index contributed by atoms with van der Waals surface area (Å²) in [6, 6.07) is 8.03. The first kappa shape index (κ1) is 29.2. The SMILES string of the molecule is Cc1ccc(C#Cc2cc(N(C)C)c3c(c2O)C(=O)C2C(=O)[C@@]4(O)C(=O)C(C(N)=O)C(=O)[C@H](N(C)C)[C@H]4C[C@H]2C3)cc1. The summed E-state index contributed by atoms with van der Waals surface area (Å²) in [7, 11) is 6.68. The van der Waals surface area contributed by atoms with E-state index in [-0.39, 0.29) is 29.7 Å². The summed E-state index contributed by atoms with van der Waals surface area (Å²) in [4.78, 5) is 70.3. The van der Waals surface area contributed by atoms with Crippen molar-refractivity contribution in [3.63, 3.8) is 0 Å². The molecule has 2 fully saturated rings. The predicted octanol–water partition coefficient (Wildman–Crippen LogP) is 0.641. The topological polar surface area (TPSA) is 158 Å². The zero-order valence-corrected chi connectivity index (χ0v) is 24.1. The maximum absolute atomic E-state index is 14.1. The van der Waals surface area contributed by atoms with Crippen molar-refractivity contribution in [2.45, 2.75) is 31.4 Å². The summed E-state index contributed by atoms with van der Waals surface area (Å²) < 4.78 is 0. The van der Waals surface area contributed by atoms with Crippen LogP contribution in [0.3, 0.4) is 0 Å². The molecule has 3 aliphatic carbocycles. The first-order valence-electron chi connectivity index (χ1n) is 13.7. The van der Waals surface area contributed by atoms with Gasteiger partial charge in [-0.25, -0.2) is 0 Å². The molecular weight excluding hydrogens is 538 g/mol. The molecule has 1 amide bonds. The van der Waals surface area contributed by atoms with Gasteiger partial charge in [-0.1, -0.05) is 29.5 Å². The number of carbonyl (C=O) groups is 5. The number of aryl methyl sites for hydroxylation is 1. The van der Waals surface area contributed by atoms with Crippen molar-refractivity contribution < 1.29 is 34.2 Å². The van der Waals surface area contributed by atoms with E-state index in [2.05, 4.69) is 11.8 Å². The molecule has 0 heterocycles. The molecule has 5 rings (SSSR count). The number of carbonyl (C=O) groups excluding carboxylic acids is 5. The Morgan fingerprint density at radius 2 is 1.67 bits per heavy atom. The molecule has 0 saturated heterocycles. The van der Waals surface area contributed by atoms with Gasteiger partial charge in [0.05, 0.1) is 23.1 Å². The average molecular weight is 572 g/mol. The van der Waals surface area contributed by atoms with Gasteiger partial charge in [-0.3, -0.25) is 28.9 Å². The summed E-state index contributed by atoms with van der Waals surface area (Å²) in [6.45, 7) is 1.95. The number of primary amides is 1.